The summed E-state index contributed by atoms with van der Waals surface area (Å²) in [5.74, 6) is -5.65. The summed E-state index contributed by atoms with van der Waals surface area (Å²) < 4.78 is 52.7. The molecule has 48 heavy (non-hydrogen) atoms. The Kier molecular flexibility index (Phi) is 13.5. The molecule has 0 amide bonds. The highest BCUT2D eigenvalue weighted by molar-refractivity contribution is 5.90. The Hall–Kier alpha value is -4.79. The molecule has 3 aromatic rings. The van der Waals surface area contributed by atoms with Crippen LogP contribution in [0.25, 0.3) is 0 Å². The van der Waals surface area contributed by atoms with Crippen LogP contribution in [0, 0.1) is 11.8 Å². The van der Waals surface area contributed by atoms with Crippen LogP contribution >= 0.6 is 0 Å². The molecule has 0 heterocycles. The maximum atomic E-state index is 15.2. The van der Waals surface area contributed by atoms with Crippen LogP contribution in [0.2, 0.25) is 0 Å². The van der Waals surface area contributed by atoms with Crippen molar-refractivity contribution in [2.24, 2.45) is 11.8 Å². The summed E-state index contributed by atoms with van der Waals surface area (Å²) in [6.07, 6.45) is 6.08. The van der Waals surface area contributed by atoms with Gasteiger partial charge in [-0.1, -0.05) is 72.8 Å². The molecule has 0 spiro atoms. The monoisotopic (exact) mass is 660 g/mol. The molecule has 3 aromatic carbocycles. The molecule has 0 aromatic heterocycles. The van der Waals surface area contributed by atoms with Gasteiger partial charge < -0.3 is 18.9 Å². The number of carbonyl (C=O) groups is 3. The highest BCUT2D eigenvalue weighted by Gasteiger charge is 2.46. The first-order valence-corrected chi connectivity index (χ1v) is 16.2. The van der Waals surface area contributed by atoms with E-state index < -0.39 is 48.5 Å². The predicted octanol–water partition coefficient (Wildman–Crippen LogP) is 8.41. The molecule has 1 aliphatic carbocycles. The molecule has 0 aliphatic heterocycles. The maximum absolute atomic E-state index is 15.2. The number of alkyl halides is 2. The quantitative estimate of drug-likeness (QED) is 0.0660. The minimum atomic E-state index is -3.34. The fourth-order valence-electron chi connectivity index (χ4n) is 5.54. The molecule has 9 heteroatoms. The van der Waals surface area contributed by atoms with E-state index in [1.807, 2.05) is 12.2 Å². The van der Waals surface area contributed by atoms with Crippen molar-refractivity contribution in [3.63, 3.8) is 0 Å². The van der Waals surface area contributed by atoms with Crippen molar-refractivity contribution in [1.82, 2.24) is 0 Å². The van der Waals surface area contributed by atoms with Gasteiger partial charge in [0.1, 0.15) is 18.0 Å². The lowest BCUT2D eigenvalue weighted by Gasteiger charge is -2.24. The third-order valence-electron chi connectivity index (χ3n) is 7.83. The zero-order valence-electron chi connectivity index (χ0n) is 27.2. The lowest BCUT2D eigenvalue weighted by atomic mass is 9.89. The number of carbonyl (C=O) groups excluding carboxylic acids is 3. The largest absolute Gasteiger partial charge is 0.487 e. The molecule has 4 rings (SSSR count). The molecular formula is C39H42F2O7. The Morgan fingerprint density at radius 3 is 1.96 bits per heavy atom. The van der Waals surface area contributed by atoms with Crippen LogP contribution in [0.5, 0.6) is 5.75 Å². The Labute approximate surface area is 280 Å². The third-order valence-corrected chi connectivity index (χ3v) is 7.83. The van der Waals surface area contributed by atoms with Crippen LogP contribution < -0.4 is 4.74 Å². The summed E-state index contributed by atoms with van der Waals surface area (Å²) in [6.45, 7) is 2.70. The second-order valence-corrected chi connectivity index (χ2v) is 12.0. The van der Waals surface area contributed by atoms with Gasteiger partial charge in [0.15, 0.2) is 6.61 Å². The standard InChI is InChI=1S/C39H42F2O7/c1-28(2)46-36(42)23-15-4-3-14-22-32-33(24-25-39(40,41)27-45-31-20-12-7-13-21-31)35(48-38(44)30-18-10-6-11-19-30)26-34(32)47-37(43)29-16-8-5-9-17-29/h3,5-14,16-21,24-25,28,32-35H,4,15,22-23,26-27H2,1-2H3/b14-3-,25-24+/t32-,33+,34+,35-/m1/s1. The lowest BCUT2D eigenvalue weighted by Crippen LogP contribution is -2.28. The highest BCUT2D eigenvalue weighted by atomic mass is 19.3. The van der Waals surface area contributed by atoms with E-state index in [9.17, 15) is 14.4 Å². The van der Waals surface area contributed by atoms with E-state index in [-0.39, 0.29) is 24.9 Å². The molecule has 1 aliphatic rings. The summed E-state index contributed by atoms with van der Waals surface area (Å²) in [5.41, 5.74) is 0.667. The Bertz CT molecular complexity index is 1510. The molecule has 1 fully saturated rings. The average Bonchev–Trinajstić information content (AvgIpc) is 3.40. The van der Waals surface area contributed by atoms with E-state index in [0.29, 0.717) is 36.1 Å². The van der Waals surface area contributed by atoms with Crippen molar-refractivity contribution >= 4 is 17.9 Å². The number of esters is 3. The number of hydrogen-bond donors (Lipinski definition) is 0. The van der Waals surface area contributed by atoms with Crippen molar-refractivity contribution in [3.05, 3.63) is 126 Å². The van der Waals surface area contributed by atoms with Crippen molar-refractivity contribution in [3.8, 4) is 5.75 Å². The second kappa shape index (κ2) is 17.9. The second-order valence-electron chi connectivity index (χ2n) is 12.0. The van der Waals surface area contributed by atoms with E-state index in [0.717, 1.165) is 6.08 Å². The molecule has 254 valence electrons. The SMILES string of the molecule is CC(C)OC(=O)CCC/C=C\C[C@@H]1[C@H](/C=C/C(F)(F)COc2ccccc2)[C@H](OC(=O)c2ccccc2)C[C@@H]1OC(=O)c1ccccc1. The summed E-state index contributed by atoms with van der Waals surface area (Å²) >= 11 is 0. The number of rotatable bonds is 16. The van der Waals surface area contributed by atoms with Crippen LogP contribution in [-0.2, 0) is 19.0 Å². The van der Waals surface area contributed by atoms with Crippen LogP contribution in [0.4, 0.5) is 8.78 Å². The van der Waals surface area contributed by atoms with Gasteiger partial charge in [-0.25, -0.2) is 9.59 Å². The normalized spacial score (nSPS) is 19.4. The minimum absolute atomic E-state index is 0.123. The highest BCUT2D eigenvalue weighted by Crippen LogP contribution is 2.41. The van der Waals surface area contributed by atoms with Crippen molar-refractivity contribution < 1.29 is 42.1 Å². The fourth-order valence-corrected chi connectivity index (χ4v) is 5.54. The van der Waals surface area contributed by atoms with Crippen LogP contribution in [0.15, 0.2) is 115 Å². The van der Waals surface area contributed by atoms with Gasteiger partial charge >= 0.3 is 17.9 Å². The maximum Gasteiger partial charge on any atom is 0.338 e. The Morgan fingerprint density at radius 1 is 0.812 bits per heavy atom. The van der Waals surface area contributed by atoms with Crippen LogP contribution in [-0.4, -0.2) is 48.7 Å². The van der Waals surface area contributed by atoms with Gasteiger partial charge in [-0.15, -0.1) is 0 Å². The first kappa shape index (κ1) is 36.1. The molecule has 0 N–H and O–H groups in total. The van der Waals surface area contributed by atoms with Gasteiger partial charge in [-0.3, -0.25) is 4.79 Å². The topological polar surface area (TPSA) is 88.1 Å². The fraction of sp³-hybridized carbons (Fsp3) is 0.359. The van der Waals surface area contributed by atoms with Crippen LogP contribution in [0.1, 0.15) is 66.7 Å². The number of ether oxygens (including phenoxy) is 4. The summed E-state index contributed by atoms with van der Waals surface area (Å²) in [6, 6.07) is 25.2. The molecule has 0 unspecified atom stereocenters. The van der Waals surface area contributed by atoms with Gasteiger partial charge in [-0.2, -0.15) is 8.78 Å². The zero-order valence-corrected chi connectivity index (χ0v) is 27.2. The summed E-state index contributed by atoms with van der Waals surface area (Å²) in [5, 5.41) is 0. The van der Waals surface area contributed by atoms with Gasteiger partial charge in [-0.05, 0) is 75.6 Å². The predicted molar refractivity (Wildman–Crippen MR) is 178 cm³/mol. The molecule has 4 atom stereocenters. The minimum Gasteiger partial charge on any atom is -0.487 e. The molecule has 0 radical (unpaired) electrons. The third kappa shape index (κ3) is 11.5. The Morgan fingerprint density at radius 2 is 1.38 bits per heavy atom. The zero-order chi connectivity index (χ0) is 34.4. The molecule has 1 saturated carbocycles. The number of unbranched alkanes of at least 4 members (excludes halogenated alkanes) is 1. The summed E-state index contributed by atoms with van der Waals surface area (Å²) in [7, 11) is 0. The van der Waals surface area contributed by atoms with E-state index in [2.05, 4.69) is 0 Å². The van der Waals surface area contributed by atoms with E-state index in [1.165, 1.54) is 6.08 Å². The van der Waals surface area contributed by atoms with Crippen molar-refractivity contribution in [2.75, 3.05) is 6.61 Å². The van der Waals surface area contributed by atoms with Crippen LogP contribution in [0.3, 0.4) is 0 Å². The van der Waals surface area contributed by atoms with Gasteiger partial charge in [0.2, 0.25) is 0 Å². The molecular weight excluding hydrogens is 618 g/mol. The molecule has 0 bridgehead atoms. The van der Waals surface area contributed by atoms with Crippen molar-refractivity contribution in [1.29, 1.82) is 0 Å². The van der Waals surface area contributed by atoms with Gasteiger partial charge in [0.05, 0.1) is 17.2 Å². The average molecular weight is 661 g/mol. The summed E-state index contributed by atoms with van der Waals surface area (Å²) in [4.78, 5) is 38.2. The van der Waals surface area contributed by atoms with Crippen molar-refractivity contribution in [2.45, 2.75) is 70.2 Å². The number of para-hydroxylation sites is 1. The van der Waals surface area contributed by atoms with Gasteiger partial charge in [0.25, 0.3) is 5.92 Å². The number of allylic oxidation sites excluding steroid dienone is 2. The smallest absolute Gasteiger partial charge is 0.338 e. The van der Waals surface area contributed by atoms with E-state index >= 15 is 8.78 Å². The molecule has 7 nitrogen and oxygen atoms in total. The number of benzene rings is 3. The molecule has 0 saturated heterocycles. The number of halogens is 2. The Balaban J connectivity index is 1.55. The first-order chi connectivity index (χ1) is 23.1. The lowest BCUT2D eigenvalue weighted by molar-refractivity contribution is -0.147. The van der Waals surface area contributed by atoms with E-state index in [1.54, 1.807) is 105 Å². The number of hydrogen-bond acceptors (Lipinski definition) is 7. The van der Waals surface area contributed by atoms with E-state index in [4.69, 9.17) is 18.9 Å². The van der Waals surface area contributed by atoms with Gasteiger partial charge in [0, 0.05) is 24.7 Å². The first-order valence-electron chi connectivity index (χ1n) is 16.2.